The van der Waals surface area contributed by atoms with Gasteiger partial charge in [-0.15, -0.1) is 0 Å². The van der Waals surface area contributed by atoms with E-state index in [2.05, 4.69) is 57.0 Å². The van der Waals surface area contributed by atoms with Gasteiger partial charge in [0.1, 0.15) is 16.2 Å². The third-order valence-electron chi connectivity index (χ3n) is 4.10. The Morgan fingerprint density at radius 1 is 1.20 bits per heavy atom. The van der Waals surface area contributed by atoms with Crippen LogP contribution in [0.2, 0.25) is 0 Å². The summed E-state index contributed by atoms with van der Waals surface area (Å²) in [6.45, 7) is 2.26. The Bertz CT molecular complexity index is 667. The second-order valence-corrected chi connectivity index (χ2v) is 6.55. The lowest BCUT2D eigenvalue weighted by atomic mass is 10.1. The van der Waals surface area contributed by atoms with Crippen LogP contribution < -0.4 is 4.90 Å². The van der Waals surface area contributed by atoms with Crippen LogP contribution >= 0.6 is 15.9 Å². The highest BCUT2D eigenvalue weighted by molar-refractivity contribution is 9.10. The van der Waals surface area contributed by atoms with Gasteiger partial charge < -0.3 is 4.90 Å². The molecule has 0 spiro atoms. The number of rotatable bonds is 2. The number of nitrogens with zero attached hydrogens (tertiary/aromatic N) is 3. The molecule has 4 rings (SSSR count). The summed E-state index contributed by atoms with van der Waals surface area (Å²) in [6, 6.07) is 11.1. The van der Waals surface area contributed by atoms with Crippen molar-refractivity contribution in [2.24, 2.45) is 0 Å². The van der Waals surface area contributed by atoms with Crippen LogP contribution in [0.5, 0.6) is 0 Å². The molecule has 1 atom stereocenters. The van der Waals surface area contributed by atoms with Crippen LogP contribution in [0, 0.1) is 0 Å². The first-order chi connectivity index (χ1) is 9.72. The summed E-state index contributed by atoms with van der Waals surface area (Å²) in [7, 11) is 0. The fourth-order valence-electron chi connectivity index (χ4n) is 2.99. The molecule has 1 saturated carbocycles. The lowest BCUT2D eigenvalue weighted by Gasteiger charge is -2.24. The summed E-state index contributed by atoms with van der Waals surface area (Å²) in [5.74, 6) is 2.58. The van der Waals surface area contributed by atoms with E-state index in [1.54, 1.807) is 0 Å². The molecule has 0 bridgehead atoms. The van der Waals surface area contributed by atoms with Crippen LogP contribution in [0.1, 0.15) is 37.1 Å². The molecule has 1 aromatic carbocycles. The minimum Gasteiger partial charge on any atom is -0.323 e. The van der Waals surface area contributed by atoms with Gasteiger partial charge in [-0.3, -0.25) is 0 Å². The van der Waals surface area contributed by atoms with Crippen molar-refractivity contribution in [1.82, 2.24) is 9.97 Å². The normalized spacial score (nSPS) is 21.1. The fraction of sp³-hybridized carbons (Fsp3) is 0.375. The molecule has 1 unspecified atom stereocenters. The van der Waals surface area contributed by atoms with Crippen molar-refractivity contribution in [2.75, 3.05) is 4.90 Å². The summed E-state index contributed by atoms with van der Waals surface area (Å²) in [5.41, 5.74) is 2.69. The SMILES string of the molecule is CC1Cc2ccccc2N1c1cc(Br)nc(C2CC2)n1. The summed E-state index contributed by atoms with van der Waals surface area (Å²) < 4.78 is 0.890. The van der Waals surface area contributed by atoms with Crippen molar-refractivity contribution in [1.29, 1.82) is 0 Å². The number of anilines is 2. The zero-order chi connectivity index (χ0) is 13.7. The molecule has 1 aromatic heterocycles. The Hall–Kier alpha value is -1.42. The van der Waals surface area contributed by atoms with Gasteiger partial charge in [0, 0.05) is 23.7 Å². The molecule has 1 aliphatic heterocycles. The summed E-state index contributed by atoms with van der Waals surface area (Å²) in [4.78, 5) is 11.7. The van der Waals surface area contributed by atoms with Gasteiger partial charge in [0.2, 0.25) is 0 Å². The summed E-state index contributed by atoms with van der Waals surface area (Å²) in [5, 5.41) is 0. The van der Waals surface area contributed by atoms with Gasteiger partial charge in [-0.25, -0.2) is 9.97 Å². The van der Waals surface area contributed by atoms with Crippen molar-refractivity contribution < 1.29 is 0 Å². The molecular weight excluding hydrogens is 314 g/mol. The van der Waals surface area contributed by atoms with Crippen molar-refractivity contribution >= 4 is 27.4 Å². The molecule has 0 radical (unpaired) electrons. The first-order valence-electron chi connectivity index (χ1n) is 7.14. The van der Waals surface area contributed by atoms with Crippen molar-refractivity contribution in [3.8, 4) is 0 Å². The molecular formula is C16H16BrN3. The van der Waals surface area contributed by atoms with E-state index in [0.717, 1.165) is 22.7 Å². The molecule has 2 heterocycles. The third kappa shape index (κ3) is 2.03. The van der Waals surface area contributed by atoms with Gasteiger partial charge >= 0.3 is 0 Å². The molecule has 1 aliphatic carbocycles. The molecule has 0 saturated heterocycles. The molecule has 1 fully saturated rings. The number of para-hydroxylation sites is 1. The van der Waals surface area contributed by atoms with Gasteiger partial charge in [-0.05, 0) is 53.7 Å². The van der Waals surface area contributed by atoms with E-state index in [1.165, 1.54) is 24.1 Å². The van der Waals surface area contributed by atoms with Crippen molar-refractivity contribution in [3.05, 3.63) is 46.3 Å². The number of halogens is 1. The van der Waals surface area contributed by atoms with Gasteiger partial charge in [0.15, 0.2) is 0 Å². The predicted molar refractivity (Wildman–Crippen MR) is 83.5 cm³/mol. The Morgan fingerprint density at radius 2 is 2.00 bits per heavy atom. The van der Waals surface area contributed by atoms with Crippen LogP contribution in [-0.4, -0.2) is 16.0 Å². The summed E-state index contributed by atoms with van der Waals surface area (Å²) >= 11 is 3.54. The largest absolute Gasteiger partial charge is 0.323 e. The van der Waals surface area contributed by atoms with E-state index in [1.807, 2.05) is 6.07 Å². The molecule has 4 heteroatoms. The lowest BCUT2D eigenvalue weighted by molar-refractivity contribution is 0.743. The highest BCUT2D eigenvalue weighted by atomic mass is 79.9. The smallest absolute Gasteiger partial charge is 0.138 e. The third-order valence-corrected chi connectivity index (χ3v) is 4.50. The fourth-order valence-corrected chi connectivity index (χ4v) is 3.37. The van der Waals surface area contributed by atoms with Crippen LogP contribution in [0.15, 0.2) is 34.9 Å². The standard InChI is InChI=1S/C16H16BrN3/c1-10-8-12-4-2-3-5-13(12)20(10)15-9-14(17)18-16(19-15)11-6-7-11/h2-5,9-11H,6-8H2,1H3. The van der Waals surface area contributed by atoms with E-state index in [0.29, 0.717) is 12.0 Å². The predicted octanol–water partition coefficient (Wildman–Crippen LogP) is 4.20. The Kier molecular flexibility index (Phi) is 2.81. The van der Waals surface area contributed by atoms with E-state index in [-0.39, 0.29) is 0 Å². The molecule has 3 nitrogen and oxygen atoms in total. The quantitative estimate of drug-likeness (QED) is 0.773. The molecule has 0 N–H and O–H groups in total. The number of benzene rings is 1. The first kappa shape index (κ1) is 12.3. The van der Waals surface area contributed by atoms with Gasteiger partial charge in [0.05, 0.1) is 0 Å². The Morgan fingerprint density at radius 3 is 2.80 bits per heavy atom. The molecule has 2 aromatic rings. The summed E-state index contributed by atoms with van der Waals surface area (Å²) in [6.07, 6.45) is 3.53. The maximum absolute atomic E-state index is 4.81. The second-order valence-electron chi connectivity index (χ2n) is 5.73. The lowest BCUT2D eigenvalue weighted by Crippen LogP contribution is -2.25. The minimum atomic E-state index is 0.446. The van der Waals surface area contributed by atoms with E-state index < -0.39 is 0 Å². The first-order valence-corrected chi connectivity index (χ1v) is 7.93. The highest BCUT2D eigenvalue weighted by Gasteiger charge is 2.31. The average Bonchev–Trinajstić information content (AvgIpc) is 3.20. The van der Waals surface area contributed by atoms with E-state index in [4.69, 9.17) is 4.98 Å². The average molecular weight is 330 g/mol. The van der Waals surface area contributed by atoms with Crippen LogP contribution in [0.3, 0.4) is 0 Å². The second kappa shape index (κ2) is 4.55. The molecule has 102 valence electrons. The highest BCUT2D eigenvalue weighted by Crippen LogP contribution is 2.41. The number of fused-ring (bicyclic) bond motifs is 1. The maximum atomic E-state index is 4.81. The Balaban J connectivity index is 1.80. The zero-order valence-electron chi connectivity index (χ0n) is 11.4. The minimum absolute atomic E-state index is 0.446. The number of hydrogen-bond donors (Lipinski definition) is 0. The van der Waals surface area contributed by atoms with Gasteiger partial charge in [-0.1, -0.05) is 18.2 Å². The monoisotopic (exact) mass is 329 g/mol. The van der Waals surface area contributed by atoms with Crippen molar-refractivity contribution in [3.63, 3.8) is 0 Å². The Labute approximate surface area is 127 Å². The van der Waals surface area contributed by atoms with Crippen LogP contribution in [-0.2, 0) is 6.42 Å². The van der Waals surface area contributed by atoms with Crippen LogP contribution in [0.25, 0.3) is 0 Å². The maximum Gasteiger partial charge on any atom is 0.138 e. The van der Waals surface area contributed by atoms with Gasteiger partial charge in [0.25, 0.3) is 0 Å². The van der Waals surface area contributed by atoms with Crippen molar-refractivity contribution in [2.45, 2.75) is 38.1 Å². The topological polar surface area (TPSA) is 29.0 Å². The number of hydrogen-bond acceptors (Lipinski definition) is 3. The van der Waals surface area contributed by atoms with Crippen LogP contribution in [0.4, 0.5) is 11.5 Å². The molecule has 2 aliphatic rings. The van der Waals surface area contributed by atoms with Gasteiger partial charge in [-0.2, -0.15) is 0 Å². The van der Waals surface area contributed by atoms with E-state index >= 15 is 0 Å². The molecule has 20 heavy (non-hydrogen) atoms. The molecule has 0 amide bonds. The zero-order valence-corrected chi connectivity index (χ0v) is 13.0. The number of aromatic nitrogens is 2. The van der Waals surface area contributed by atoms with E-state index in [9.17, 15) is 0 Å².